The summed E-state index contributed by atoms with van der Waals surface area (Å²) >= 11 is 0. The highest BCUT2D eigenvalue weighted by Crippen LogP contribution is 2.16. The van der Waals surface area contributed by atoms with E-state index in [1.54, 1.807) is 12.3 Å². The lowest BCUT2D eigenvalue weighted by atomic mass is 10.2. The van der Waals surface area contributed by atoms with Crippen molar-refractivity contribution in [1.29, 1.82) is 0 Å². The Morgan fingerprint density at radius 3 is 2.65 bits per heavy atom. The number of furan rings is 1. The van der Waals surface area contributed by atoms with E-state index in [0.717, 1.165) is 6.54 Å². The zero-order valence-electron chi connectivity index (χ0n) is 11.2. The van der Waals surface area contributed by atoms with E-state index in [0.29, 0.717) is 24.0 Å². The highest BCUT2D eigenvalue weighted by molar-refractivity contribution is 5.44. The number of aromatic nitrogens is 2. The summed E-state index contributed by atoms with van der Waals surface area (Å²) in [7, 11) is 2.02. The smallest absolute Gasteiger partial charge is 0.241 e. The highest BCUT2D eigenvalue weighted by Gasteiger charge is 2.12. The fourth-order valence-corrected chi connectivity index (χ4v) is 2.01. The van der Waals surface area contributed by atoms with Crippen LogP contribution in [0.25, 0.3) is 11.6 Å². The van der Waals surface area contributed by atoms with Gasteiger partial charge in [-0.1, -0.05) is 35.5 Å². The zero-order chi connectivity index (χ0) is 13.8. The van der Waals surface area contributed by atoms with Crippen LogP contribution in [0.5, 0.6) is 0 Å². The summed E-state index contributed by atoms with van der Waals surface area (Å²) in [4.78, 5) is 6.44. The molecule has 0 saturated carbocycles. The van der Waals surface area contributed by atoms with Crippen LogP contribution in [0, 0.1) is 0 Å². The Labute approximate surface area is 116 Å². The minimum atomic E-state index is 0.484. The van der Waals surface area contributed by atoms with Crippen molar-refractivity contribution < 1.29 is 8.94 Å². The fourth-order valence-electron chi connectivity index (χ4n) is 2.01. The summed E-state index contributed by atoms with van der Waals surface area (Å²) in [5.41, 5.74) is 1.25. The lowest BCUT2D eigenvalue weighted by molar-refractivity contribution is 0.261. The molecule has 0 saturated heterocycles. The average Bonchev–Trinajstić information content (AvgIpc) is 3.10. The van der Waals surface area contributed by atoms with Gasteiger partial charge in [0.25, 0.3) is 0 Å². The molecule has 0 bridgehead atoms. The van der Waals surface area contributed by atoms with Gasteiger partial charge in [0.15, 0.2) is 5.76 Å². The monoisotopic (exact) mass is 269 g/mol. The third kappa shape index (κ3) is 2.95. The fraction of sp³-hybridized carbons (Fsp3) is 0.200. The quantitative estimate of drug-likeness (QED) is 0.712. The van der Waals surface area contributed by atoms with E-state index in [4.69, 9.17) is 8.94 Å². The van der Waals surface area contributed by atoms with Crippen molar-refractivity contribution in [3.63, 3.8) is 0 Å². The molecule has 3 rings (SSSR count). The molecule has 0 aliphatic heterocycles. The van der Waals surface area contributed by atoms with Crippen molar-refractivity contribution in [3.8, 4) is 11.6 Å². The molecule has 0 unspecified atom stereocenters. The van der Waals surface area contributed by atoms with Gasteiger partial charge in [-0.15, -0.1) is 0 Å². The molecule has 0 aliphatic rings. The van der Waals surface area contributed by atoms with Gasteiger partial charge < -0.3 is 8.94 Å². The van der Waals surface area contributed by atoms with Crippen LogP contribution < -0.4 is 0 Å². The average molecular weight is 269 g/mol. The molecule has 5 heteroatoms. The molecule has 0 amide bonds. The Morgan fingerprint density at radius 2 is 1.90 bits per heavy atom. The molecule has 3 aromatic rings. The van der Waals surface area contributed by atoms with Gasteiger partial charge in [0.05, 0.1) is 12.8 Å². The van der Waals surface area contributed by atoms with Crippen LogP contribution in [0.3, 0.4) is 0 Å². The first kappa shape index (κ1) is 12.6. The Kier molecular flexibility index (Phi) is 3.60. The van der Waals surface area contributed by atoms with Gasteiger partial charge >= 0.3 is 0 Å². The Balaban J connectivity index is 1.63. The first-order chi connectivity index (χ1) is 9.81. The molecular formula is C15H15N3O2. The van der Waals surface area contributed by atoms with Gasteiger partial charge in [0.1, 0.15) is 0 Å². The summed E-state index contributed by atoms with van der Waals surface area (Å²) in [5, 5.41) is 3.91. The molecule has 0 N–H and O–H groups in total. The second-order valence-corrected chi connectivity index (χ2v) is 4.65. The first-order valence-corrected chi connectivity index (χ1v) is 6.40. The minimum absolute atomic E-state index is 0.484. The second-order valence-electron chi connectivity index (χ2n) is 4.65. The van der Waals surface area contributed by atoms with Gasteiger partial charge in [0, 0.05) is 6.54 Å². The maximum atomic E-state index is 5.23. The van der Waals surface area contributed by atoms with Gasteiger partial charge in [-0.2, -0.15) is 4.98 Å². The summed E-state index contributed by atoms with van der Waals surface area (Å²) in [6.45, 7) is 1.43. The van der Waals surface area contributed by atoms with Crippen molar-refractivity contribution >= 4 is 0 Å². The maximum absolute atomic E-state index is 5.23. The third-order valence-electron chi connectivity index (χ3n) is 2.91. The number of nitrogens with zero attached hydrogens (tertiary/aromatic N) is 3. The first-order valence-electron chi connectivity index (χ1n) is 6.40. The number of hydrogen-bond donors (Lipinski definition) is 0. The normalized spacial score (nSPS) is 11.1. The summed E-state index contributed by atoms with van der Waals surface area (Å²) in [6, 6.07) is 13.9. The predicted molar refractivity (Wildman–Crippen MR) is 73.6 cm³/mol. The molecule has 2 heterocycles. The van der Waals surface area contributed by atoms with Gasteiger partial charge in [0.2, 0.25) is 11.7 Å². The lowest BCUT2D eigenvalue weighted by Crippen LogP contribution is -2.17. The Bertz CT molecular complexity index is 647. The molecular weight excluding hydrogens is 254 g/mol. The topological polar surface area (TPSA) is 55.3 Å². The van der Waals surface area contributed by atoms with Crippen LogP contribution in [-0.2, 0) is 13.1 Å². The number of benzene rings is 1. The highest BCUT2D eigenvalue weighted by atomic mass is 16.5. The predicted octanol–water partition coefficient (Wildman–Crippen LogP) is 2.96. The van der Waals surface area contributed by atoms with Crippen LogP contribution in [0.15, 0.2) is 57.7 Å². The van der Waals surface area contributed by atoms with Gasteiger partial charge in [-0.25, -0.2) is 0 Å². The van der Waals surface area contributed by atoms with Crippen LogP contribution in [-0.4, -0.2) is 22.1 Å². The molecule has 0 aliphatic carbocycles. The van der Waals surface area contributed by atoms with E-state index in [-0.39, 0.29) is 0 Å². The SMILES string of the molecule is CN(Cc1ccccc1)Cc1nc(-c2ccco2)no1. The van der Waals surface area contributed by atoms with Crippen molar-refractivity contribution in [2.24, 2.45) is 0 Å². The third-order valence-corrected chi connectivity index (χ3v) is 2.91. The molecule has 0 atom stereocenters. The lowest BCUT2D eigenvalue weighted by Gasteiger charge is -2.13. The van der Waals surface area contributed by atoms with E-state index in [9.17, 15) is 0 Å². The molecule has 2 aromatic heterocycles. The minimum Gasteiger partial charge on any atom is -0.461 e. The van der Waals surface area contributed by atoms with E-state index < -0.39 is 0 Å². The zero-order valence-corrected chi connectivity index (χ0v) is 11.2. The standard InChI is InChI=1S/C15H15N3O2/c1-18(10-12-6-3-2-4-7-12)11-14-16-15(17-20-14)13-8-5-9-19-13/h2-9H,10-11H2,1H3. The van der Waals surface area contributed by atoms with Crippen LogP contribution >= 0.6 is 0 Å². The van der Waals surface area contributed by atoms with Crippen molar-refractivity contribution in [3.05, 3.63) is 60.2 Å². The van der Waals surface area contributed by atoms with Gasteiger partial charge in [-0.05, 0) is 24.7 Å². The van der Waals surface area contributed by atoms with E-state index >= 15 is 0 Å². The Hall–Kier alpha value is -2.40. The molecule has 0 spiro atoms. The summed E-state index contributed by atoms with van der Waals surface area (Å²) in [5.74, 6) is 1.68. The van der Waals surface area contributed by atoms with Crippen molar-refractivity contribution in [2.45, 2.75) is 13.1 Å². The van der Waals surface area contributed by atoms with Crippen LogP contribution in [0.2, 0.25) is 0 Å². The van der Waals surface area contributed by atoms with E-state index in [1.165, 1.54) is 5.56 Å². The van der Waals surface area contributed by atoms with Crippen molar-refractivity contribution in [1.82, 2.24) is 15.0 Å². The molecule has 5 nitrogen and oxygen atoms in total. The van der Waals surface area contributed by atoms with Crippen LogP contribution in [0.4, 0.5) is 0 Å². The van der Waals surface area contributed by atoms with E-state index in [1.807, 2.05) is 31.3 Å². The van der Waals surface area contributed by atoms with Crippen molar-refractivity contribution in [2.75, 3.05) is 7.05 Å². The van der Waals surface area contributed by atoms with Gasteiger partial charge in [-0.3, -0.25) is 4.90 Å². The number of hydrogen-bond acceptors (Lipinski definition) is 5. The molecule has 20 heavy (non-hydrogen) atoms. The molecule has 0 fully saturated rings. The van der Waals surface area contributed by atoms with Crippen LogP contribution in [0.1, 0.15) is 11.5 Å². The summed E-state index contributed by atoms with van der Waals surface area (Å²) in [6.07, 6.45) is 1.59. The largest absolute Gasteiger partial charge is 0.461 e. The second kappa shape index (κ2) is 5.71. The van der Waals surface area contributed by atoms with E-state index in [2.05, 4.69) is 27.2 Å². The number of rotatable bonds is 5. The maximum Gasteiger partial charge on any atom is 0.241 e. The molecule has 102 valence electrons. The Morgan fingerprint density at radius 1 is 1.05 bits per heavy atom. The summed E-state index contributed by atoms with van der Waals surface area (Å²) < 4.78 is 10.5. The molecule has 1 aromatic carbocycles. The molecule has 0 radical (unpaired) electrons.